The zero-order valence-corrected chi connectivity index (χ0v) is 22.1. The highest BCUT2D eigenvalue weighted by Crippen LogP contribution is 2.42. The Morgan fingerprint density at radius 3 is 2.02 bits per heavy atom. The largest absolute Gasteiger partial charge is 0.488 e. The van der Waals surface area contributed by atoms with Gasteiger partial charge < -0.3 is 14.8 Å². The number of carbonyl (C=O) groups is 1. The van der Waals surface area contributed by atoms with Crippen LogP contribution in [0.4, 0.5) is 48.3 Å². The molecule has 3 rings (SSSR count). The first-order valence-corrected chi connectivity index (χ1v) is 12.2. The van der Waals surface area contributed by atoms with Gasteiger partial charge in [-0.2, -0.15) is 39.5 Å². The molecule has 0 aromatic heterocycles. The zero-order valence-electron chi connectivity index (χ0n) is 22.1. The van der Waals surface area contributed by atoms with Gasteiger partial charge in [0.25, 0.3) is 0 Å². The van der Waals surface area contributed by atoms with Gasteiger partial charge in [0.2, 0.25) is 0 Å². The summed E-state index contributed by atoms with van der Waals surface area (Å²) in [5.74, 6) is -13.4. The van der Waals surface area contributed by atoms with Crippen LogP contribution < -0.4 is 14.8 Å². The van der Waals surface area contributed by atoms with Crippen molar-refractivity contribution in [2.24, 2.45) is 0 Å². The van der Waals surface area contributed by atoms with Crippen LogP contribution in [0.3, 0.4) is 0 Å². The predicted molar refractivity (Wildman–Crippen MR) is 130 cm³/mol. The minimum Gasteiger partial charge on any atom is -0.488 e. The molecule has 0 radical (unpaired) electrons. The zero-order chi connectivity index (χ0) is 32.4. The Labute approximate surface area is 237 Å². The molecule has 1 atom stereocenters. The number of ether oxygens (including phenoxy) is 2. The maximum Gasteiger partial charge on any atom is 0.463 e. The first-order valence-electron chi connectivity index (χ1n) is 12.2. The fourth-order valence-electron chi connectivity index (χ4n) is 4.05. The van der Waals surface area contributed by atoms with Crippen LogP contribution in [-0.2, 0) is 16.8 Å². The molecule has 0 saturated heterocycles. The molecule has 4 nitrogen and oxygen atoms in total. The number of amides is 1. The van der Waals surface area contributed by atoms with Gasteiger partial charge in [-0.3, -0.25) is 4.79 Å². The molecule has 43 heavy (non-hydrogen) atoms. The number of halogens is 11. The molecule has 0 unspecified atom stereocenters. The topological polar surface area (TPSA) is 47.6 Å². The number of alkyl halides is 9. The standard InChI is InChI=1S/C28H22F11NO3/c1-15(2)42-22-12-17(8-9-21(22)30)25(14-16-6-4-3-5-7-16,40-24(41)26(33,34)28(37,38)39)18-10-19(29)13-20(11-18)43-27(35,36)23(31)32/h3-13,15,23H,14H2,1-2H3,(H,40,41)/t25-/m1/s1. The molecule has 0 saturated carbocycles. The van der Waals surface area contributed by atoms with Gasteiger partial charge in [0.15, 0.2) is 11.6 Å². The Morgan fingerprint density at radius 1 is 0.837 bits per heavy atom. The van der Waals surface area contributed by atoms with Gasteiger partial charge in [0.05, 0.1) is 11.6 Å². The average Bonchev–Trinajstić information content (AvgIpc) is 2.88. The van der Waals surface area contributed by atoms with Crippen molar-refractivity contribution in [2.75, 3.05) is 0 Å². The van der Waals surface area contributed by atoms with E-state index in [0.29, 0.717) is 18.2 Å². The maximum atomic E-state index is 14.8. The molecule has 0 fully saturated rings. The van der Waals surface area contributed by atoms with Crippen molar-refractivity contribution in [1.29, 1.82) is 0 Å². The van der Waals surface area contributed by atoms with E-state index >= 15 is 0 Å². The summed E-state index contributed by atoms with van der Waals surface area (Å²) < 4.78 is 160. The second kappa shape index (κ2) is 12.3. The summed E-state index contributed by atoms with van der Waals surface area (Å²) in [5.41, 5.74) is -3.89. The summed E-state index contributed by atoms with van der Waals surface area (Å²) in [6, 6.07) is 10.5. The van der Waals surface area contributed by atoms with E-state index in [1.54, 1.807) is 5.32 Å². The van der Waals surface area contributed by atoms with E-state index in [4.69, 9.17) is 4.74 Å². The lowest BCUT2D eigenvalue weighted by molar-refractivity contribution is -0.270. The highest BCUT2D eigenvalue weighted by atomic mass is 19.4. The molecular weight excluding hydrogens is 607 g/mol. The number of rotatable bonds is 11. The average molecular weight is 629 g/mol. The number of benzene rings is 3. The van der Waals surface area contributed by atoms with Crippen molar-refractivity contribution in [2.45, 2.75) is 56.5 Å². The van der Waals surface area contributed by atoms with Gasteiger partial charge in [0, 0.05) is 12.5 Å². The number of carbonyl (C=O) groups excluding carboxylic acids is 1. The van der Waals surface area contributed by atoms with Crippen molar-refractivity contribution in [1.82, 2.24) is 5.32 Å². The van der Waals surface area contributed by atoms with Gasteiger partial charge in [0.1, 0.15) is 11.6 Å². The summed E-state index contributed by atoms with van der Waals surface area (Å²) in [6.45, 7) is 2.93. The van der Waals surface area contributed by atoms with E-state index in [0.717, 1.165) is 12.1 Å². The molecule has 0 heterocycles. The van der Waals surface area contributed by atoms with E-state index in [1.807, 2.05) is 0 Å². The third-order valence-corrected chi connectivity index (χ3v) is 5.94. The van der Waals surface area contributed by atoms with Gasteiger partial charge in [-0.05, 0) is 54.8 Å². The Bertz CT molecular complexity index is 1430. The number of hydrogen-bond acceptors (Lipinski definition) is 3. The minimum absolute atomic E-state index is 0.110. The van der Waals surface area contributed by atoms with Crippen molar-refractivity contribution in [3.05, 3.63) is 95.1 Å². The van der Waals surface area contributed by atoms with Crippen molar-refractivity contribution in [3.8, 4) is 11.5 Å². The smallest absolute Gasteiger partial charge is 0.463 e. The summed E-state index contributed by atoms with van der Waals surface area (Å²) in [4.78, 5) is 12.7. The van der Waals surface area contributed by atoms with Crippen molar-refractivity contribution < 1.29 is 62.6 Å². The Hall–Kier alpha value is -4.04. The molecule has 0 aliphatic rings. The van der Waals surface area contributed by atoms with E-state index in [-0.39, 0.29) is 11.6 Å². The van der Waals surface area contributed by atoms with Gasteiger partial charge in [-0.15, -0.1) is 0 Å². The quantitative estimate of drug-likeness (QED) is 0.221. The third kappa shape index (κ3) is 7.49. The van der Waals surface area contributed by atoms with Crippen LogP contribution in [0.5, 0.6) is 11.5 Å². The number of hydrogen-bond donors (Lipinski definition) is 1. The third-order valence-electron chi connectivity index (χ3n) is 5.94. The molecular formula is C28H22F11NO3. The SMILES string of the molecule is CC(C)Oc1cc([C@@](Cc2ccccc2)(NC(=O)C(F)(F)C(F)(F)F)c2cc(F)cc(OC(F)(F)C(F)F)c2)ccc1F. The molecule has 1 N–H and O–H groups in total. The van der Waals surface area contributed by atoms with E-state index in [2.05, 4.69) is 4.74 Å². The van der Waals surface area contributed by atoms with Crippen molar-refractivity contribution >= 4 is 5.91 Å². The highest BCUT2D eigenvalue weighted by Gasteiger charge is 2.64. The second-order valence-electron chi connectivity index (χ2n) is 9.55. The van der Waals surface area contributed by atoms with Gasteiger partial charge in [-0.1, -0.05) is 36.4 Å². The Balaban J connectivity index is 2.40. The highest BCUT2D eigenvalue weighted by molar-refractivity contribution is 5.86. The van der Waals surface area contributed by atoms with E-state index < -0.39 is 82.9 Å². The predicted octanol–water partition coefficient (Wildman–Crippen LogP) is 7.79. The molecule has 0 spiro atoms. The van der Waals surface area contributed by atoms with Gasteiger partial charge in [-0.25, -0.2) is 8.78 Å². The lowest BCUT2D eigenvalue weighted by Crippen LogP contribution is -2.58. The van der Waals surface area contributed by atoms with Crippen molar-refractivity contribution in [3.63, 3.8) is 0 Å². The molecule has 3 aromatic rings. The first kappa shape index (κ1) is 33.5. The Kier molecular flexibility index (Phi) is 9.56. The maximum absolute atomic E-state index is 14.8. The first-order chi connectivity index (χ1) is 19.8. The Morgan fingerprint density at radius 2 is 1.47 bits per heavy atom. The molecule has 0 aliphatic heterocycles. The molecule has 234 valence electrons. The van der Waals surface area contributed by atoms with Crippen LogP contribution in [0, 0.1) is 11.6 Å². The summed E-state index contributed by atoms with van der Waals surface area (Å²) in [7, 11) is 0. The molecule has 15 heteroatoms. The normalized spacial score (nSPS) is 14.0. The summed E-state index contributed by atoms with van der Waals surface area (Å²) >= 11 is 0. The fraction of sp³-hybridized carbons (Fsp3) is 0.321. The second-order valence-corrected chi connectivity index (χ2v) is 9.55. The van der Waals surface area contributed by atoms with Crippen LogP contribution in [0.15, 0.2) is 66.7 Å². The molecule has 1 amide bonds. The van der Waals surface area contributed by atoms with Crippen LogP contribution in [-0.4, -0.2) is 36.6 Å². The molecule has 0 bridgehead atoms. The van der Waals surface area contributed by atoms with E-state index in [1.165, 1.54) is 44.2 Å². The van der Waals surface area contributed by atoms with Crippen LogP contribution in [0.1, 0.15) is 30.5 Å². The van der Waals surface area contributed by atoms with Crippen LogP contribution in [0.25, 0.3) is 0 Å². The molecule has 0 aliphatic carbocycles. The summed E-state index contributed by atoms with van der Waals surface area (Å²) in [6.07, 6.45) is -17.5. The monoisotopic (exact) mass is 629 g/mol. The minimum atomic E-state index is -6.42. The fourth-order valence-corrected chi connectivity index (χ4v) is 4.05. The van der Waals surface area contributed by atoms with E-state index in [9.17, 15) is 53.1 Å². The number of nitrogens with one attached hydrogen (secondary N) is 1. The molecule has 3 aromatic carbocycles. The summed E-state index contributed by atoms with van der Waals surface area (Å²) in [5, 5.41) is 1.55. The van der Waals surface area contributed by atoms with Crippen LogP contribution in [0.2, 0.25) is 0 Å². The van der Waals surface area contributed by atoms with Gasteiger partial charge >= 0.3 is 30.5 Å². The lowest BCUT2D eigenvalue weighted by atomic mass is 9.77. The van der Waals surface area contributed by atoms with Crippen LogP contribution >= 0.6 is 0 Å². The lowest BCUT2D eigenvalue weighted by Gasteiger charge is -2.38.